The SMILES string of the molecule is CC(C)[C@@H](N)C(=O)N1CCC(O)(Cn2ccc3ncccc32)CC1. The first-order chi connectivity index (χ1) is 11.4. The summed E-state index contributed by atoms with van der Waals surface area (Å²) >= 11 is 0. The van der Waals surface area contributed by atoms with Gasteiger partial charge in [0.2, 0.25) is 5.91 Å². The summed E-state index contributed by atoms with van der Waals surface area (Å²) in [6.45, 7) is 5.52. The van der Waals surface area contributed by atoms with Crippen molar-refractivity contribution in [2.75, 3.05) is 13.1 Å². The quantitative estimate of drug-likeness (QED) is 0.887. The van der Waals surface area contributed by atoms with Gasteiger partial charge in [-0.3, -0.25) is 9.78 Å². The van der Waals surface area contributed by atoms with Crippen molar-refractivity contribution < 1.29 is 9.90 Å². The van der Waals surface area contributed by atoms with E-state index in [1.165, 1.54) is 0 Å². The Balaban J connectivity index is 1.66. The predicted octanol–water partition coefficient (Wildman–Crippen LogP) is 1.37. The molecule has 6 heteroatoms. The van der Waals surface area contributed by atoms with E-state index < -0.39 is 11.6 Å². The van der Waals surface area contributed by atoms with Crippen LogP contribution in [0, 0.1) is 5.92 Å². The second-order valence-corrected chi connectivity index (χ2v) is 7.17. The molecule has 1 saturated heterocycles. The number of hydrogen-bond acceptors (Lipinski definition) is 4. The van der Waals surface area contributed by atoms with Gasteiger partial charge in [0.25, 0.3) is 0 Å². The minimum absolute atomic E-state index is 0.0114. The van der Waals surface area contributed by atoms with Gasteiger partial charge in [-0.15, -0.1) is 0 Å². The second-order valence-electron chi connectivity index (χ2n) is 7.17. The zero-order valence-electron chi connectivity index (χ0n) is 14.4. The van der Waals surface area contributed by atoms with Crippen molar-refractivity contribution in [2.24, 2.45) is 11.7 Å². The van der Waals surface area contributed by atoms with Crippen LogP contribution in [0.4, 0.5) is 0 Å². The Hall–Kier alpha value is -1.92. The zero-order valence-corrected chi connectivity index (χ0v) is 14.4. The second kappa shape index (κ2) is 6.53. The minimum atomic E-state index is -0.805. The summed E-state index contributed by atoms with van der Waals surface area (Å²) in [4.78, 5) is 18.5. The Morgan fingerprint density at radius 1 is 1.38 bits per heavy atom. The largest absolute Gasteiger partial charge is 0.388 e. The van der Waals surface area contributed by atoms with Crippen molar-refractivity contribution in [3.8, 4) is 0 Å². The lowest BCUT2D eigenvalue weighted by atomic mass is 9.90. The smallest absolute Gasteiger partial charge is 0.239 e. The van der Waals surface area contributed by atoms with Crippen LogP contribution < -0.4 is 5.73 Å². The lowest BCUT2D eigenvalue weighted by Gasteiger charge is -2.39. The topological polar surface area (TPSA) is 84.4 Å². The average Bonchev–Trinajstić information content (AvgIpc) is 2.97. The maximum atomic E-state index is 12.3. The Kier molecular flexibility index (Phi) is 4.60. The summed E-state index contributed by atoms with van der Waals surface area (Å²) in [5.41, 5.74) is 7.11. The molecule has 3 N–H and O–H groups in total. The number of carbonyl (C=O) groups excluding carboxylic acids is 1. The van der Waals surface area contributed by atoms with Gasteiger partial charge in [0.1, 0.15) is 0 Å². The lowest BCUT2D eigenvalue weighted by molar-refractivity contribution is -0.138. The van der Waals surface area contributed by atoms with E-state index in [9.17, 15) is 9.90 Å². The van der Waals surface area contributed by atoms with Crippen LogP contribution in [-0.4, -0.2) is 50.2 Å². The number of hydrogen-bond donors (Lipinski definition) is 2. The van der Waals surface area contributed by atoms with E-state index in [0.29, 0.717) is 32.5 Å². The van der Waals surface area contributed by atoms with Crippen molar-refractivity contribution in [3.05, 3.63) is 30.6 Å². The van der Waals surface area contributed by atoms with Crippen LogP contribution in [-0.2, 0) is 11.3 Å². The van der Waals surface area contributed by atoms with Crippen LogP contribution in [0.15, 0.2) is 30.6 Å². The number of likely N-dealkylation sites (tertiary alicyclic amines) is 1. The van der Waals surface area contributed by atoms with E-state index in [-0.39, 0.29) is 11.8 Å². The zero-order chi connectivity index (χ0) is 17.3. The molecule has 2 aromatic heterocycles. The number of rotatable bonds is 4. The van der Waals surface area contributed by atoms with Gasteiger partial charge in [-0.1, -0.05) is 13.8 Å². The number of aliphatic hydroxyl groups is 1. The Bertz CT molecular complexity index is 717. The molecule has 0 bridgehead atoms. The van der Waals surface area contributed by atoms with Crippen LogP contribution >= 0.6 is 0 Å². The van der Waals surface area contributed by atoms with Crippen molar-refractivity contribution in [2.45, 2.75) is 44.9 Å². The van der Waals surface area contributed by atoms with E-state index >= 15 is 0 Å². The molecule has 1 fully saturated rings. The normalized spacial score (nSPS) is 19.0. The van der Waals surface area contributed by atoms with Gasteiger partial charge < -0.3 is 20.3 Å². The molecule has 1 aliphatic heterocycles. The Labute approximate surface area is 142 Å². The first-order valence-corrected chi connectivity index (χ1v) is 8.56. The molecule has 1 amide bonds. The number of carbonyl (C=O) groups is 1. The van der Waals surface area contributed by atoms with Gasteiger partial charge in [-0.2, -0.15) is 0 Å². The molecule has 0 aromatic carbocycles. The summed E-state index contributed by atoms with van der Waals surface area (Å²) in [5, 5.41) is 10.9. The van der Waals surface area contributed by atoms with Crippen molar-refractivity contribution in [1.29, 1.82) is 0 Å². The molecule has 24 heavy (non-hydrogen) atoms. The van der Waals surface area contributed by atoms with Gasteiger partial charge in [0, 0.05) is 25.5 Å². The van der Waals surface area contributed by atoms with Crippen molar-refractivity contribution in [1.82, 2.24) is 14.5 Å². The van der Waals surface area contributed by atoms with Gasteiger partial charge in [-0.05, 0) is 37.0 Å². The van der Waals surface area contributed by atoms with Crippen molar-refractivity contribution >= 4 is 16.9 Å². The Morgan fingerprint density at radius 2 is 2.08 bits per heavy atom. The summed E-state index contributed by atoms with van der Waals surface area (Å²) in [6, 6.07) is 5.40. The fourth-order valence-corrected chi connectivity index (χ4v) is 3.27. The van der Waals surface area contributed by atoms with Crippen LogP contribution in [0.5, 0.6) is 0 Å². The summed E-state index contributed by atoms with van der Waals surface area (Å²) < 4.78 is 2.04. The molecule has 0 spiro atoms. The number of pyridine rings is 1. The number of fused-ring (bicyclic) bond motifs is 1. The summed E-state index contributed by atoms with van der Waals surface area (Å²) in [7, 11) is 0. The number of amides is 1. The highest BCUT2D eigenvalue weighted by Gasteiger charge is 2.36. The van der Waals surface area contributed by atoms with Crippen molar-refractivity contribution in [3.63, 3.8) is 0 Å². The van der Waals surface area contributed by atoms with Crippen LogP contribution in [0.3, 0.4) is 0 Å². The molecule has 3 heterocycles. The highest BCUT2D eigenvalue weighted by atomic mass is 16.3. The monoisotopic (exact) mass is 330 g/mol. The number of nitrogens with two attached hydrogens (primary N) is 1. The maximum Gasteiger partial charge on any atom is 0.239 e. The van der Waals surface area contributed by atoms with Crippen LogP contribution in [0.1, 0.15) is 26.7 Å². The Morgan fingerprint density at radius 3 is 2.75 bits per heavy atom. The van der Waals surface area contributed by atoms with E-state index in [4.69, 9.17) is 5.73 Å². The molecule has 1 aliphatic rings. The fraction of sp³-hybridized carbons (Fsp3) is 0.556. The highest BCUT2D eigenvalue weighted by molar-refractivity contribution is 5.82. The molecular formula is C18H26N4O2. The van der Waals surface area contributed by atoms with E-state index in [1.54, 1.807) is 11.1 Å². The number of aromatic nitrogens is 2. The van der Waals surface area contributed by atoms with Gasteiger partial charge in [0.15, 0.2) is 0 Å². The fourth-order valence-electron chi connectivity index (χ4n) is 3.27. The maximum absolute atomic E-state index is 12.3. The minimum Gasteiger partial charge on any atom is -0.388 e. The molecule has 2 aromatic rings. The molecule has 0 unspecified atom stereocenters. The molecule has 6 nitrogen and oxygen atoms in total. The third kappa shape index (κ3) is 3.30. The standard InChI is InChI=1S/C18H26N4O2/c1-13(2)16(19)17(23)21-10-6-18(24,7-11-21)12-22-9-5-14-15(22)4-3-8-20-14/h3-5,8-9,13,16,24H,6-7,10-12,19H2,1-2H3/t16-/m1/s1. The molecule has 0 saturated carbocycles. The third-order valence-electron chi connectivity index (χ3n) is 5.01. The third-order valence-corrected chi connectivity index (χ3v) is 5.01. The van der Waals surface area contributed by atoms with Crippen LogP contribution in [0.25, 0.3) is 11.0 Å². The van der Waals surface area contributed by atoms with Gasteiger partial charge >= 0.3 is 0 Å². The number of piperidine rings is 1. The highest BCUT2D eigenvalue weighted by Crippen LogP contribution is 2.26. The summed E-state index contributed by atoms with van der Waals surface area (Å²) in [6.07, 6.45) is 4.85. The molecule has 3 rings (SSSR count). The molecule has 0 radical (unpaired) electrons. The summed E-state index contributed by atoms with van der Waals surface area (Å²) in [5.74, 6) is 0.111. The predicted molar refractivity (Wildman–Crippen MR) is 93.3 cm³/mol. The number of nitrogens with zero attached hydrogens (tertiary/aromatic N) is 3. The molecule has 130 valence electrons. The molecular weight excluding hydrogens is 304 g/mol. The van der Waals surface area contributed by atoms with E-state index in [2.05, 4.69) is 4.98 Å². The van der Waals surface area contributed by atoms with Gasteiger partial charge in [-0.25, -0.2) is 0 Å². The lowest BCUT2D eigenvalue weighted by Crippen LogP contribution is -2.53. The van der Waals surface area contributed by atoms with E-state index in [1.807, 2.05) is 42.8 Å². The average molecular weight is 330 g/mol. The van der Waals surface area contributed by atoms with Crippen LogP contribution in [0.2, 0.25) is 0 Å². The van der Waals surface area contributed by atoms with E-state index in [0.717, 1.165) is 11.0 Å². The molecule has 0 aliphatic carbocycles. The molecule has 1 atom stereocenters. The first kappa shape index (κ1) is 16.9. The van der Waals surface area contributed by atoms with Gasteiger partial charge in [0.05, 0.1) is 29.2 Å². The first-order valence-electron chi connectivity index (χ1n) is 8.56.